The number of aliphatic hydroxyl groups is 11. The van der Waals surface area contributed by atoms with E-state index in [-0.39, 0.29) is 0 Å². The lowest BCUT2D eigenvalue weighted by Gasteiger charge is -2.49. The summed E-state index contributed by atoms with van der Waals surface area (Å²) in [5.41, 5.74) is 0. The van der Waals surface area contributed by atoms with E-state index in [4.69, 9.17) is 33.2 Å². The Kier molecular flexibility index (Phi) is 12.7. The molecule has 4 saturated heterocycles. The van der Waals surface area contributed by atoms with Gasteiger partial charge in [-0.2, -0.15) is 0 Å². The lowest BCUT2D eigenvalue weighted by atomic mass is 9.95. The highest BCUT2D eigenvalue weighted by molar-refractivity contribution is 5.73. The Morgan fingerprint density at radius 1 is 0.565 bits per heavy atom. The molecule has 0 spiro atoms. The van der Waals surface area contributed by atoms with E-state index in [1.54, 1.807) is 0 Å². The largest absolute Gasteiger partial charge is 0.394 e. The first-order valence-electron chi connectivity index (χ1n) is 14.8. The lowest BCUT2D eigenvalue weighted by molar-refractivity contribution is -0.390. The standard InChI is InChI=1S/C26H45NO19/c1-6-12(31)16(35)18(37)24(40-6)45-21-13(32)7(2)41-25(19(21)38)46-22-17(36)14(33)9(4-28)43-26(22)44-20-11(27-8(3)30)23(39)42-10(5-29)15(20)34/h6-7,9-26,28-29,31-39H,4-5H2,1-3H3,(H,27,30)/t6-,7-,9+,10+,11+,12-,13-,14-,15+,16+,17-,18+,19+,20+,21+,22+,23+,24-,25-,26+/m0/s1. The highest BCUT2D eigenvalue weighted by atomic mass is 16.8. The van der Waals surface area contributed by atoms with E-state index in [9.17, 15) is 61.0 Å². The first-order valence-corrected chi connectivity index (χ1v) is 14.8. The van der Waals surface area contributed by atoms with Crippen molar-refractivity contribution >= 4 is 5.91 Å². The highest BCUT2D eigenvalue weighted by Crippen LogP contribution is 2.34. The van der Waals surface area contributed by atoms with Gasteiger partial charge >= 0.3 is 0 Å². The topological polar surface area (TPSA) is 316 Å². The molecular weight excluding hydrogens is 630 g/mol. The maximum Gasteiger partial charge on any atom is 0.217 e. The van der Waals surface area contributed by atoms with Crippen LogP contribution in [0.1, 0.15) is 20.8 Å². The Hall–Kier alpha value is -1.25. The van der Waals surface area contributed by atoms with Crippen molar-refractivity contribution in [3.05, 3.63) is 0 Å². The van der Waals surface area contributed by atoms with Crippen molar-refractivity contribution < 1.29 is 94.1 Å². The summed E-state index contributed by atoms with van der Waals surface area (Å²) in [7, 11) is 0. The Morgan fingerprint density at radius 2 is 1.09 bits per heavy atom. The number of aliphatic hydroxyl groups excluding tert-OH is 11. The van der Waals surface area contributed by atoms with Crippen LogP contribution in [0.3, 0.4) is 0 Å². The van der Waals surface area contributed by atoms with E-state index in [1.807, 2.05) is 0 Å². The summed E-state index contributed by atoms with van der Waals surface area (Å²) in [4.78, 5) is 11.9. The number of carbonyl (C=O) groups excluding carboxylic acids is 1. The number of rotatable bonds is 9. The van der Waals surface area contributed by atoms with Gasteiger partial charge in [0.05, 0.1) is 25.4 Å². The minimum absolute atomic E-state index is 0.669. The van der Waals surface area contributed by atoms with Crippen LogP contribution in [-0.4, -0.2) is 198 Å². The Labute approximate surface area is 262 Å². The second-order valence-electron chi connectivity index (χ2n) is 11.8. The van der Waals surface area contributed by atoms with E-state index >= 15 is 0 Å². The second kappa shape index (κ2) is 15.5. The van der Waals surface area contributed by atoms with Crippen molar-refractivity contribution in [2.75, 3.05) is 13.2 Å². The van der Waals surface area contributed by atoms with E-state index in [0.29, 0.717) is 0 Å². The second-order valence-corrected chi connectivity index (χ2v) is 11.8. The maximum atomic E-state index is 11.9. The zero-order valence-electron chi connectivity index (χ0n) is 25.1. The molecule has 4 heterocycles. The third-order valence-electron chi connectivity index (χ3n) is 8.53. The van der Waals surface area contributed by atoms with Gasteiger partial charge in [0.2, 0.25) is 5.91 Å². The van der Waals surface area contributed by atoms with Crippen LogP contribution >= 0.6 is 0 Å². The van der Waals surface area contributed by atoms with Crippen LogP contribution < -0.4 is 5.32 Å². The highest BCUT2D eigenvalue weighted by Gasteiger charge is 2.55. The van der Waals surface area contributed by atoms with Gasteiger partial charge in [-0.15, -0.1) is 0 Å². The molecule has 0 aliphatic carbocycles. The summed E-state index contributed by atoms with van der Waals surface area (Å²) in [5.74, 6) is -0.669. The minimum Gasteiger partial charge on any atom is -0.394 e. The van der Waals surface area contributed by atoms with Gasteiger partial charge in [-0.1, -0.05) is 0 Å². The van der Waals surface area contributed by atoms with E-state index in [2.05, 4.69) is 5.32 Å². The van der Waals surface area contributed by atoms with Crippen molar-refractivity contribution in [1.29, 1.82) is 0 Å². The van der Waals surface area contributed by atoms with Gasteiger partial charge in [-0.25, -0.2) is 0 Å². The molecule has 20 nitrogen and oxygen atoms in total. The van der Waals surface area contributed by atoms with Crippen LogP contribution in [0.15, 0.2) is 0 Å². The van der Waals surface area contributed by atoms with Crippen molar-refractivity contribution in [3.8, 4) is 0 Å². The molecule has 12 N–H and O–H groups in total. The SMILES string of the molecule is CC(=O)N[C@@H]1[C@@H](O[C@H]2O[C@H](CO)[C@H](O)[C@H](O)[C@H]2O[C@@H]2O[C@@H](C)[C@H](O)[C@@H](O[C@@H]3O[C@@H](C)[C@H](O)[C@@H](O)[C@H]3O)[C@H]2O)[C@H](O)[C@@H](CO)O[C@H]1O. The molecule has 0 radical (unpaired) electrons. The van der Waals surface area contributed by atoms with Gasteiger partial charge in [0.1, 0.15) is 85.4 Å². The van der Waals surface area contributed by atoms with Crippen LogP contribution in [-0.2, 0) is 38.0 Å². The number of nitrogens with one attached hydrogen (secondary N) is 1. The number of hydrogen-bond donors (Lipinski definition) is 12. The van der Waals surface area contributed by atoms with E-state index in [1.165, 1.54) is 13.8 Å². The molecule has 46 heavy (non-hydrogen) atoms. The summed E-state index contributed by atoms with van der Waals surface area (Å²) in [6.45, 7) is 2.26. The van der Waals surface area contributed by atoms with Crippen molar-refractivity contribution in [2.45, 2.75) is 144 Å². The fourth-order valence-electron chi connectivity index (χ4n) is 5.81. The molecular formula is C26H45NO19. The third-order valence-corrected chi connectivity index (χ3v) is 8.53. The summed E-state index contributed by atoms with van der Waals surface area (Å²) < 4.78 is 39.1. The number of hydrogen-bond acceptors (Lipinski definition) is 19. The van der Waals surface area contributed by atoms with Gasteiger partial charge in [0.25, 0.3) is 0 Å². The molecule has 0 unspecified atom stereocenters. The first-order chi connectivity index (χ1) is 21.6. The zero-order chi connectivity index (χ0) is 34.2. The molecule has 4 aliphatic rings. The summed E-state index contributed by atoms with van der Waals surface area (Å²) in [5, 5.41) is 117. The van der Waals surface area contributed by atoms with Gasteiger partial charge in [0, 0.05) is 6.92 Å². The van der Waals surface area contributed by atoms with Crippen molar-refractivity contribution in [2.24, 2.45) is 0 Å². The Morgan fingerprint density at radius 3 is 1.67 bits per heavy atom. The molecule has 0 bridgehead atoms. The zero-order valence-corrected chi connectivity index (χ0v) is 25.1. The average Bonchev–Trinajstić information content (AvgIpc) is 3.01. The molecule has 4 fully saturated rings. The first kappa shape index (κ1) is 37.6. The van der Waals surface area contributed by atoms with Crippen LogP contribution in [0.2, 0.25) is 0 Å². The summed E-state index contributed by atoms with van der Waals surface area (Å²) >= 11 is 0. The van der Waals surface area contributed by atoms with Gasteiger partial charge in [-0.05, 0) is 13.8 Å². The average molecular weight is 676 g/mol. The third kappa shape index (κ3) is 7.64. The fourth-order valence-corrected chi connectivity index (χ4v) is 5.81. The normalized spacial score (nSPS) is 51.9. The van der Waals surface area contributed by atoms with Crippen LogP contribution in [0.5, 0.6) is 0 Å². The Balaban J connectivity index is 1.58. The van der Waals surface area contributed by atoms with Crippen LogP contribution in [0, 0.1) is 0 Å². The molecule has 0 saturated carbocycles. The van der Waals surface area contributed by atoms with Gasteiger partial charge in [-0.3, -0.25) is 4.79 Å². The predicted octanol–water partition coefficient (Wildman–Crippen LogP) is -7.55. The van der Waals surface area contributed by atoms with Gasteiger partial charge < -0.3 is 94.6 Å². The molecule has 4 aliphatic heterocycles. The van der Waals surface area contributed by atoms with Crippen LogP contribution in [0.25, 0.3) is 0 Å². The molecule has 268 valence electrons. The number of amides is 1. The van der Waals surface area contributed by atoms with Crippen molar-refractivity contribution in [3.63, 3.8) is 0 Å². The molecule has 4 rings (SSSR count). The quantitative estimate of drug-likeness (QED) is 0.108. The van der Waals surface area contributed by atoms with E-state index in [0.717, 1.165) is 6.92 Å². The Bertz CT molecular complexity index is 997. The van der Waals surface area contributed by atoms with Crippen molar-refractivity contribution in [1.82, 2.24) is 5.32 Å². The minimum atomic E-state index is -1.93. The molecule has 0 aromatic carbocycles. The molecule has 0 aromatic rings. The molecule has 1 amide bonds. The maximum absolute atomic E-state index is 11.9. The summed E-state index contributed by atoms with van der Waals surface area (Å²) in [6, 6.07) is -1.46. The molecule has 20 heteroatoms. The number of carbonyl (C=O) groups is 1. The van der Waals surface area contributed by atoms with E-state index < -0.39 is 142 Å². The number of ether oxygens (including phenoxy) is 7. The van der Waals surface area contributed by atoms with Crippen LogP contribution in [0.4, 0.5) is 0 Å². The summed E-state index contributed by atoms with van der Waals surface area (Å²) in [6.07, 6.45) is -31.0. The molecule has 0 aromatic heterocycles. The molecule has 20 atom stereocenters. The lowest BCUT2D eigenvalue weighted by Crippen LogP contribution is -2.69. The van der Waals surface area contributed by atoms with Gasteiger partial charge in [0.15, 0.2) is 25.2 Å². The monoisotopic (exact) mass is 675 g/mol. The fraction of sp³-hybridized carbons (Fsp3) is 0.962. The smallest absolute Gasteiger partial charge is 0.217 e. The predicted molar refractivity (Wildman–Crippen MR) is 143 cm³/mol.